The van der Waals surface area contributed by atoms with E-state index in [0.29, 0.717) is 10.8 Å². The number of nitrogens with zero attached hydrogens (tertiary/aromatic N) is 3. The predicted molar refractivity (Wildman–Crippen MR) is 107 cm³/mol. The first-order chi connectivity index (χ1) is 10.0. The van der Waals surface area contributed by atoms with Crippen LogP contribution in [0.5, 0.6) is 0 Å². The van der Waals surface area contributed by atoms with Gasteiger partial charge in [-0.3, -0.25) is 9.89 Å². The number of ether oxygens (including phenoxy) is 1. The molecule has 0 aromatic carbocycles. The molecular weight excluding hydrogens is 411 g/mol. The fourth-order valence-electron chi connectivity index (χ4n) is 2.93. The molecule has 0 aromatic rings. The summed E-state index contributed by atoms with van der Waals surface area (Å²) in [5.41, 5.74) is 0. The highest BCUT2D eigenvalue weighted by Crippen LogP contribution is 2.29. The number of aliphatic imine (C=N–C) groups is 1. The van der Waals surface area contributed by atoms with Crippen molar-refractivity contribution < 1.29 is 4.74 Å². The summed E-state index contributed by atoms with van der Waals surface area (Å²) in [6.45, 7) is 13.7. The van der Waals surface area contributed by atoms with Crippen molar-refractivity contribution in [2.75, 3.05) is 58.7 Å². The van der Waals surface area contributed by atoms with Crippen LogP contribution in [0.1, 0.15) is 20.8 Å². The molecule has 0 bridgehead atoms. The molecule has 2 fully saturated rings. The van der Waals surface area contributed by atoms with Crippen LogP contribution >= 0.6 is 35.7 Å². The van der Waals surface area contributed by atoms with E-state index in [9.17, 15) is 0 Å². The maximum atomic E-state index is 5.48. The van der Waals surface area contributed by atoms with Gasteiger partial charge in [0.2, 0.25) is 0 Å². The molecule has 5 nitrogen and oxygen atoms in total. The molecule has 0 spiro atoms. The fourth-order valence-corrected chi connectivity index (χ4v) is 4.05. The van der Waals surface area contributed by atoms with Gasteiger partial charge in [-0.2, -0.15) is 11.8 Å². The molecule has 1 atom stereocenters. The van der Waals surface area contributed by atoms with Crippen molar-refractivity contribution in [1.82, 2.24) is 15.1 Å². The molecule has 0 radical (unpaired) electrons. The molecule has 0 aromatic heterocycles. The van der Waals surface area contributed by atoms with Crippen molar-refractivity contribution in [1.29, 1.82) is 0 Å². The normalized spacial score (nSPS) is 26.5. The van der Waals surface area contributed by atoms with E-state index in [0.717, 1.165) is 51.9 Å². The van der Waals surface area contributed by atoms with Gasteiger partial charge in [-0.25, -0.2) is 0 Å². The van der Waals surface area contributed by atoms with Crippen LogP contribution in [0.25, 0.3) is 0 Å². The third kappa shape index (κ3) is 6.05. The molecule has 22 heavy (non-hydrogen) atoms. The first kappa shape index (κ1) is 20.3. The lowest BCUT2D eigenvalue weighted by Gasteiger charge is -2.39. The molecule has 0 amide bonds. The van der Waals surface area contributed by atoms with E-state index < -0.39 is 0 Å². The number of morpholine rings is 1. The number of halogens is 1. The Morgan fingerprint density at radius 1 is 1.41 bits per heavy atom. The maximum Gasteiger partial charge on any atom is 0.193 e. The standard InChI is InChI=1S/C15H30N4OS.HI/c1-13-11-20-9-7-18(13)6-5-17-14(16-4)19-8-10-21-15(2,3)12-19;/h13H,5-12H2,1-4H3,(H,16,17);1H. The van der Waals surface area contributed by atoms with Crippen molar-refractivity contribution in [2.45, 2.75) is 31.6 Å². The average Bonchev–Trinajstić information content (AvgIpc) is 2.44. The van der Waals surface area contributed by atoms with E-state index >= 15 is 0 Å². The second-order valence-corrected chi connectivity index (χ2v) is 8.27. The Labute approximate surface area is 156 Å². The first-order valence-corrected chi connectivity index (χ1v) is 8.92. The number of hydrogen-bond donors (Lipinski definition) is 1. The summed E-state index contributed by atoms with van der Waals surface area (Å²) in [5.74, 6) is 2.22. The van der Waals surface area contributed by atoms with Crippen LogP contribution in [0.4, 0.5) is 0 Å². The highest BCUT2D eigenvalue weighted by atomic mass is 127. The second kappa shape index (κ2) is 9.54. The number of thioether (sulfide) groups is 1. The summed E-state index contributed by atoms with van der Waals surface area (Å²) in [6.07, 6.45) is 0. The summed E-state index contributed by atoms with van der Waals surface area (Å²) >= 11 is 2.05. The summed E-state index contributed by atoms with van der Waals surface area (Å²) in [6, 6.07) is 0.521. The number of guanidine groups is 1. The zero-order valence-corrected chi connectivity index (χ0v) is 17.4. The minimum Gasteiger partial charge on any atom is -0.379 e. The maximum absolute atomic E-state index is 5.48. The number of hydrogen-bond acceptors (Lipinski definition) is 4. The highest BCUT2D eigenvalue weighted by molar-refractivity contribution is 14.0. The molecule has 1 N–H and O–H groups in total. The van der Waals surface area contributed by atoms with Gasteiger partial charge in [0.25, 0.3) is 0 Å². The minimum atomic E-state index is 0. The van der Waals surface area contributed by atoms with Crippen LogP contribution in [0.2, 0.25) is 0 Å². The molecule has 2 heterocycles. The molecule has 0 saturated carbocycles. The van der Waals surface area contributed by atoms with Gasteiger partial charge in [-0.1, -0.05) is 0 Å². The number of nitrogens with one attached hydrogen (secondary N) is 1. The summed E-state index contributed by atoms with van der Waals surface area (Å²) in [5, 5.41) is 3.53. The van der Waals surface area contributed by atoms with Crippen molar-refractivity contribution in [2.24, 2.45) is 4.99 Å². The van der Waals surface area contributed by atoms with Crippen molar-refractivity contribution >= 4 is 41.7 Å². The summed E-state index contributed by atoms with van der Waals surface area (Å²) < 4.78 is 5.80. The monoisotopic (exact) mass is 442 g/mol. The van der Waals surface area contributed by atoms with Crippen LogP contribution in [0, 0.1) is 0 Å². The zero-order valence-electron chi connectivity index (χ0n) is 14.3. The Morgan fingerprint density at radius 2 is 2.18 bits per heavy atom. The molecular formula is C15H31IN4OS. The van der Waals surface area contributed by atoms with Crippen LogP contribution in [-0.2, 0) is 4.74 Å². The first-order valence-electron chi connectivity index (χ1n) is 7.93. The molecule has 0 aliphatic carbocycles. The van der Waals surface area contributed by atoms with Gasteiger partial charge >= 0.3 is 0 Å². The molecule has 1 unspecified atom stereocenters. The topological polar surface area (TPSA) is 40.1 Å². The Hall–Kier alpha value is 0.270. The third-order valence-electron chi connectivity index (χ3n) is 4.12. The van der Waals surface area contributed by atoms with Gasteiger partial charge in [0.15, 0.2) is 5.96 Å². The smallest absolute Gasteiger partial charge is 0.193 e. The van der Waals surface area contributed by atoms with E-state index in [4.69, 9.17) is 4.74 Å². The molecule has 2 aliphatic rings. The van der Waals surface area contributed by atoms with E-state index in [1.165, 1.54) is 5.75 Å². The Bertz CT molecular complexity index is 367. The van der Waals surface area contributed by atoms with E-state index in [1.54, 1.807) is 0 Å². The summed E-state index contributed by atoms with van der Waals surface area (Å²) in [4.78, 5) is 9.33. The van der Waals surface area contributed by atoms with Gasteiger partial charge in [-0.05, 0) is 20.8 Å². The molecule has 2 saturated heterocycles. The zero-order chi connectivity index (χ0) is 15.3. The van der Waals surface area contributed by atoms with Gasteiger partial charge in [0.05, 0.1) is 13.2 Å². The van der Waals surface area contributed by atoms with Gasteiger partial charge in [0.1, 0.15) is 0 Å². The van der Waals surface area contributed by atoms with Crippen LogP contribution in [0.15, 0.2) is 4.99 Å². The van der Waals surface area contributed by atoms with Crippen molar-refractivity contribution in [3.63, 3.8) is 0 Å². The molecule has 2 rings (SSSR count). The van der Waals surface area contributed by atoms with Crippen LogP contribution in [0.3, 0.4) is 0 Å². The largest absolute Gasteiger partial charge is 0.379 e. The van der Waals surface area contributed by atoms with E-state index in [2.05, 4.69) is 52.6 Å². The van der Waals surface area contributed by atoms with Gasteiger partial charge in [0, 0.05) is 56.3 Å². The predicted octanol–water partition coefficient (Wildman–Crippen LogP) is 1.73. The van der Waals surface area contributed by atoms with Gasteiger partial charge < -0.3 is 15.0 Å². The fraction of sp³-hybridized carbons (Fsp3) is 0.933. The van der Waals surface area contributed by atoms with Crippen LogP contribution < -0.4 is 5.32 Å². The average molecular weight is 442 g/mol. The van der Waals surface area contributed by atoms with Crippen molar-refractivity contribution in [3.05, 3.63) is 0 Å². The van der Waals surface area contributed by atoms with Crippen molar-refractivity contribution in [3.8, 4) is 0 Å². The Kier molecular flexibility index (Phi) is 8.81. The Balaban J connectivity index is 0.00000242. The van der Waals surface area contributed by atoms with E-state index in [-0.39, 0.29) is 24.0 Å². The van der Waals surface area contributed by atoms with E-state index in [1.807, 2.05) is 7.05 Å². The Morgan fingerprint density at radius 3 is 2.82 bits per heavy atom. The van der Waals surface area contributed by atoms with Crippen LogP contribution in [-0.4, -0.2) is 85.3 Å². The summed E-state index contributed by atoms with van der Waals surface area (Å²) in [7, 11) is 1.88. The minimum absolute atomic E-state index is 0. The molecule has 2 aliphatic heterocycles. The van der Waals surface area contributed by atoms with Gasteiger partial charge in [-0.15, -0.1) is 24.0 Å². The lowest BCUT2D eigenvalue weighted by Crippen LogP contribution is -2.53. The lowest BCUT2D eigenvalue weighted by atomic mass is 10.2. The second-order valence-electron chi connectivity index (χ2n) is 6.46. The highest BCUT2D eigenvalue weighted by Gasteiger charge is 2.28. The molecule has 7 heteroatoms. The quantitative estimate of drug-likeness (QED) is 0.410. The third-order valence-corrected chi connectivity index (χ3v) is 5.42. The number of rotatable bonds is 3. The molecule has 130 valence electrons. The lowest BCUT2D eigenvalue weighted by molar-refractivity contribution is 0.000824. The SMILES string of the molecule is CN=C(NCCN1CCOCC1C)N1CCSC(C)(C)C1.I.